The van der Waals surface area contributed by atoms with Crippen molar-refractivity contribution >= 4 is 40.8 Å². The summed E-state index contributed by atoms with van der Waals surface area (Å²) in [6.07, 6.45) is -2.93. The Balaban J connectivity index is 2.01. The van der Waals surface area contributed by atoms with Crippen LogP contribution in [0.15, 0.2) is 53.6 Å². The van der Waals surface area contributed by atoms with Crippen LogP contribution in [0, 0.1) is 0 Å². The van der Waals surface area contributed by atoms with Gasteiger partial charge in [0, 0.05) is 0 Å². The lowest BCUT2D eigenvalue weighted by Crippen LogP contribution is -2.24. The van der Waals surface area contributed by atoms with E-state index in [9.17, 15) is 13.2 Å². The number of nitrogens with zero attached hydrogens (tertiary/aromatic N) is 1. The predicted octanol–water partition coefficient (Wildman–Crippen LogP) is 4.68. The summed E-state index contributed by atoms with van der Waals surface area (Å²) >= 11 is 10.8. The monoisotopic (exact) mass is 357 g/mol. The van der Waals surface area contributed by atoms with Gasteiger partial charge in [0.2, 0.25) is 0 Å². The Morgan fingerprint density at radius 2 is 1.83 bits per heavy atom. The zero-order valence-electron chi connectivity index (χ0n) is 11.6. The molecule has 0 unspecified atom stereocenters. The van der Waals surface area contributed by atoms with E-state index in [1.54, 1.807) is 0 Å². The largest absolute Gasteiger partial charge is 0.416 e. The molecule has 0 aliphatic heterocycles. The number of rotatable bonds is 3. The first-order valence-corrected chi connectivity index (χ1v) is 7.17. The number of thiocarbonyl (C=S) groups is 1. The molecule has 0 radical (unpaired) electrons. The van der Waals surface area contributed by atoms with Crippen LogP contribution in [0.25, 0.3) is 0 Å². The number of hydrazone groups is 1. The normalized spacial score (nSPS) is 11.5. The van der Waals surface area contributed by atoms with Gasteiger partial charge in [-0.3, -0.25) is 5.43 Å². The van der Waals surface area contributed by atoms with Crippen molar-refractivity contribution in [1.29, 1.82) is 0 Å². The molecule has 0 aromatic heterocycles. The SMILES string of the molecule is FC(F)(F)c1ccc(Cl)c(NC(=S)N/N=C\c2ccccc2)c1. The van der Waals surface area contributed by atoms with Crippen LogP contribution in [0.5, 0.6) is 0 Å². The maximum atomic E-state index is 12.7. The molecule has 8 heteroatoms. The number of hydrogen-bond acceptors (Lipinski definition) is 2. The van der Waals surface area contributed by atoms with E-state index >= 15 is 0 Å². The molecule has 0 bridgehead atoms. The van der Waals surface area contributed by atoms with Gasteiger partial charge in [-0.05, 0) is 36.0 Å². The molecular weight excluding hydrogens is 347 g/mol. The van der Waals surface area contributed by atoms with Crippen LogP contribution < -0.4 is 10.7 Å². The third-order valence-corrected chi connectivity index (χ3v) is 3.24. The molecular formula is C15H11ClF3N3S. The minimum atomic E-state index is -4.46. The highest BCUT2D eigenvalue weighted by atomic mass is 35.5. The van der Waals surface area contributed by atoms with Crippen molar-refractivity contribution < 1.29 is 13.2 Å². The second kappa shape index (κ2) is 7.43. The van der Waals surface area contributed by atoms with Gasteiger partial charge in [-0.15, -0.1) is 0 Å². The summed E-state index contributed by atoms with van der Waals surface area (Å²) in [5, 5.41) is 6.62. The molecule has 120 valence electrons. The van der Waals surface area contributed by atoms with Crippen LogP contribution in [0.3, 0.4) is 0 Å². The van der Waals surface area contributed by atoms with E-state index in [0.717, 1.165) is 23.8 Å². The van der Waals surface area contributed by atoms with Crippen molar-refractivity contribution in [3.8, 4) is 0 Å². The summed E-state index contributed by atoms with van der Waals surface area (Å²) in [5.74, 6) is 0. The molecule has 23 heavy (non-hydrogen) atoms. The predicted molar refractivity (Wildman–Crippen MR) is 89.8 cm³/mol. The Labute approximate surface area is 141 Å². The van der Waals surface area contributed by atoms with E-state index in [0.29, 0.717) is 0 Å². The number of hydrogen-bond donors (Lipinski definition) is 2. The molecule has 0 saturated heterocycles. The molecule has 2 N–H and O–H groups in total. The van der Waals surface area contributed by atoms with E-state index in [4.69, 9.17) is 23.8 Å². The average molecular weight is 358 g/mol. The first-order chi connectivity index (χ1) is 10.9. The van der Waals surface area contributed by atoms with Crippen LogP contribution in [0.1, 0.15) is 11.1 Å². The number of alkyl halides is 3. The number of halogens is 4. The van der Waals surface area contributed by atoms with Gasteiger partial charge in [0.05, 0.1) is 22.5 Å². The standard InChI is InChI=1S/C15H11ClF3N3S/c16-12-7-6-11(15(17,18)19)8-13(12)21-14(23)22-20-9-10-4-2-1-3-5-10/h1-9H,(H2,21,22,23)/b20-9-. The van der Waals surface area contributed by atoms with E-state index in [1.807, 2.05) is 30.3 Å². The van der Waals surface area contributed by atoms with Gasteiger partial charge in [0.15, 0.2) is 5.11 Å². The maximum Gasteiger partial charge on any atom is 0.416 e. The van der Waals surface area contributed by atoms with Crippen LogP contribution in [-0.4, -0.2) is 11.3 Å². The van der Waals surface area contributed by atoms with E-state index in [2.05, 4.69) is 15.8 Å². The van der Waals surface area contributed by atoms with Crippen molar-refractivity contribution in [2.24, 2.45) is 5.10 Å². The lowest BCUT2D eigenvalue weighted by molar-refractivity contribution is -0.137. The molecule has 0 amide bonds. The van der Waals surface area contributed by atoms with Crippen molar-refractivity contribution in [2.45, 2.75) is 6.18 Å². The highest BCUT2D eigenvalue weighted by Crippen LogP contribution is 2.33. The van der Waals surface area contributed by atoms with Crippen molar-refractivity contribution in [3.05, 3.63) is 64.7 Å². The Bertz CT molecular complexity index is 718. The zero-order valence-corrected chi connectivity index (χ0v) is 13.1. The lowest BCUT2D eigenvalue weighted by atomic mass is 10.2. The van der Waals surface area contributed by atoms with Gasteiger partial charge < -0.3 is 5.32 Å². The fraction of sp³-hybridized carbons (Fsp3) is 0.0667. The molecule has 0 atom stereocenters. The highest BCUT2D eigenvalue weighted by Gasteiger charge is 2.31. The molecule has 3 nitrogen and oxygen atoms in total. The van der Waals surface area contributed by atoms with Gasteiger partial charge in [-0.1, -0.05) is 41.9 Å². The van der Waals surface area contributed by atoms with Gasteiger partial charge in [0.25, 0.3) is 0 Å². The summed E-state index contributed by atoms with van der Waals surface area (Å²) in [5.41, 5.74) is 2.59. The third kappa shape index (κ3) is 5.22. The van der Waals surface area contributed by atoms with Gasteiger partial charge in [-0.25, -0.2) is 0 Å². The minimum absolute atomic E-state index is 0.0263. The van der Waals surface area contributed by atoms with Crippen LogP contribution in [0.2, 0.25) is 5.02 Å². The molecule has 0 fully saturated rings. The fourth-order valence-corrected chi connectivity index (χ4v) is 1.98. The van der Waals surface area contributed by atoms with Crippen LogP contribution >= 0.6 is 23.8 Å². The maximum absolute atomic E-state index is 12.7. The molecule has 0 spiro atoms. The molecule has 2 rings (SSSR count). The highest BCUT2D eigenvalue weighted by molar-refractivity contribution is 7.80. The number of benzene rings is 2. The van der Waals surface area contributed by atoms with Gasteiger partial charge >= 0.3 is 6.18 Å². The Hall–Kier alpha value is -2.12. The summed E-state index contributed by atoms with van der Waals surface area (Å²) in [6.45, 7) is 0. The van der Waals surface area contributed by atoms with Crippen molar-refractivity contribution in [3.63, 3.8) is 0 Å². The minimum Gasteiger partial charge on any atom is -0.330 e. The average Bonchev–Trinajstić information content (AvgIpc) is 2.49. The molecule has 0 saturated carbocycles. The quantitative estimate of drug-likeness (QED) is 0.476. The fourth-order valence-electron chi connectivity index (χ4n) is 1.65. The van der Waals surface area contributed by atoms with Gasteiger partial charge in [-0.2, -0.15) is 18.3 Å². The molecule has 0 heterocycles. The summed E-state index contributed by atoms with van der Waals surface area (Å²) in [7, 11) is 0. The van der Waals surface area contributed by atoms with Crippen LogP contribution in [0.4, 0.5) is 18.9 Å². The first-order valence-electron chi connectivity index (χ1n) is 6.38. The smallest absolute Gasteiger partial charge is 0.330 e. The summed E-state index contributed by atoms with van der Waals surface area (Å²) in [4.78, 5) is 0. The Morgan fingerprint density at radius 3 is 2.48 bits per heavy atom. The third-order valence-electron chi connectivity index (χ3n) is 2.72. The lowest BCUT2D eigenvalue weighted by Gasteiger charge is -2.12. The van der Waals surface area contributed by atoms with E-state index < -0.39 is 11.7 Å². The zero-order chi connectivity index (χ0) is 16.9. The van der Waals surface area contributed by atoms with Crippen LogP contribution in [-0.2, 0) is 6.18 Å². The van der Waals surface area contributed by atoms with Crippen molar-refractivity contribution in [1.82, 2.24) is 5.43 Å². The summed E-state index contributed by atoms with van der Waals surface area (Å²) < 4.78 is 38.1. The van der Waals surface area contributed by atoms with E-state index in [1.165, 1.54) is 6.21 Å². The summed E-state index contributed by atoms with van der Waals surface area (Å²) in [6, 6.07) is 12.2. The van der Waals surface area contributed by atoms with Crippen molar-refractivity contribution in [2.75, 3.05) is 5.32 Å². The molecule has 0 aliphatic rings. The Morgan fingerprint density at radius 1 is 1.13 bits per heavy atom. The second-order valence-corrected chi connectivity index (χ2v) is 5.24. The molecule has 0 aliphatic carbocycles. The van der Waals surface area contributed by atoms with E-state index in [-0.39, 0.29) is 15.8 Å². The first kappa shape index (κ1) is 17.2. The second-order valence-electron chi connectivity index (χ2n) is 4.43. The molecule has 2 aromatic carbocycles. The molecule has 2 aromatic rings. The van der Waals surface area contributed by atoms with Gasteiger partial charge in [0.1, 0.15) is 0 Å². The Kier molecular flexibility index (Phi) is 5.57. The number of nitrogens with one attached hydrogen (secondary N) is 2. The topological polar surface area (TPSA) is 36.4 Å². The number of anilines is 1.